The average molecular weight is 428 g/mol. The first-order valence-electron chi connectivity index (χ1n) is 12.6. The van der Waals surface area contributed by atoms with Crippen LogP contribution in [-0.4, -0.2) is 31.3 Å². The predicted molar refractivity (Wildman–Crippen MR) is 125 cm³/mol. The van der Waals surface area contributed by atoms with Crippen LogP contribution in [0.3, 0.4) is 0 Å². The number of carbonyl (C=O) groups is 2. The molecule has 0 aromatic heterocycles. The van der Waals surface area contributed by atoms with Gasteiger partial charge in [-0.1, -0.05) is 111 Å². The lowest BCUT2D eigenvalue weighted by molar-refractivity contribution is -0.146. The van der Waals surface area contributed by atoms with E-state index in [0.717, 1.165) is 19.3 Å². The molecule has 1 atom stereocenters. The van der Waals surface area contributed by atoms with Crippen molar-refractivity contribution in [3.63, 3.8) is 0 Å². The van der Waals surface area contributed by atoms with Gasteiger partial charge < -0.3 is 14.8 Å². The Balaban J connectivity index is 3.65. The van der Waals surface area contributed by atoms with Gasteiger partial charge in [0.25, 0.3) is 0 Å². The molecular formula is C25H49NO4. The van der Waals surface area contributed by atoms with Gasteiger partial charge in [-0.2, -0.15) is 0 Å². The van der Waals surface area contributed by atoms with Gasteiger partial charge >= 0.3 is 12.1 Å². The number of alkyl carbamates (subject to hydrolysis) is 1. The normalized spacial score (nSPS) is 12.0. The molecule has 0 bridgehead atoms. The highest BCUT2D eigenvalue weighted by molar-refractivity contribution is 5.81. The summed E-state index contributed by atoms with van der Waals surface area (Å²) in [4.78, 5) is 24.0. The lowest BCUT2D eigenvalue weighted by Gasteiger charge is -2.17. The predicted octanol–water partition coefficient (Wildman–Crippen LogP) is 7.17. The van der Waals surface area contributed by atoms with Crippen molar-refractivity contribution in [3.8, 4) is 0 Å². The molecule has 0 fully saturated rings. The Bertz CT molecular complexity index is 412. The molecule has 0 heterocycles. The van der Waals surface area contributed by atoms with Crippen molar-refractivity contribution >= 4 is 12.1 Å². The maximum absolute atomic E-state index is 12.2. The summed E-state index contributed by atoms with van der Waals surface area (Å²) < 4.78 is 10.5. The molecule has 0 aliphatic rings. The van der Waals surface area contributed by atoms with E-state index in [2.05, 4.69) is 12.2 Å². The van der Waals surface area contributed by atoms with Crippen LogP contribution in [0, 0.1) is 5.92 Å². The second-order valence-corrected chi connectivity index (χ2v) is 8.89. The average Bonchev–Trinajstić information content (AvgIpc) is 2.72. The minimum Gasteiger partial charge on any atom is -0.464 e. The zero-order chi connectivity index (χ0) is 22.5. The van der Waals surface area contributed by atoms with Crippen molar-refractivity contribution in [3.05, 3.63) is 0 Å². The molecule has 1 amide bonds. The third-order valence-electron chi connectivity index (χ3n) is 5.19. The molecule has 0 aromatic carbocycles. The summed E-state index contributed by atoms with van der Waals surface area (Å²) >= 11 is 0. The minimum atomic E-state index is -0.614. The summed E-state index contributed by atoms with van der Waals surface area (Å²) in [5, 5.41) is 2.64. The number of rotatable bonds is 20. The van der Waals surface area contributed by atoms with Gasteiger partial charge in [0.2, 0.25) is 0 Å². The summed E-state index contributed by atoms with van der Waals surface area (Å²) in [6, 6.07) is -0.614. The maximum atomic E-state index is 12.2. The molecule has 0 spiro atoms. The van der Waals surface area contributed by atoms with Gasteiger partial charge in [-0.3, -0.25) is 0 Å². The van der Waals surface area contributed by atoms with Gasteiger partial charge in [0.15, 0.2) is 0 Å². The summed E-state index contributed by atoms with van der Waals surface area (Å²) in [6.07, 6.45) is 17.6. The highest BCUT2D eigenvalue weighted by Gasteiger charge is 2.22. The molecule has 5 nitrogen and oxygen atoms in total. The Hall–Kier alpha value is -1.26. The zero-order valence-electron chi connectivity index (χ0n) is 20.3. The van der Waals surface area contributed by atoms with Crippen molar-refractivity contribution in [2.45, 2.75) is 130 Å². The fourth-order valence-corrected chi connectivity index (χ4v) is 3.36. The van der Waals surface area contributed by atoms with Crippen LogP contribution in [0.1, 0.15) is 124 Å². The highest BCUT2D eigenvalue weighted by Crippen LogP contribution is 2.12. The fraction of sp³-hybridized carbons (Fsp3) is 0.920. The summed E-state index contributed by atoms with van der Waals surface area (Å²) in [5.41, 5.74) is 0. The number of amides is 1. The Morgan fingerprint density at radius 1 is 0.700 bits per heavy atom. The van der Waals surface area contributed by atoms with Crippen molar-refractivity contribution in [1.82, 2.24) is 5.32 Å². The van der Waals surface area contributed by atoms with Gasteiger partial charge in [-0.25, -0.2) is 9.59 Å². The summed E-state index contributed by atoms with van der Waals surface area (Å²) in [5.74, 6) is -0.0832. The Morgan fingerprint density at radius 3 is 1.67 bits per heavy atom. The van der Waals surface area contributed by atoms with Gasteiger partial charge in [-0.05, 0) is 18.8 Å². The van der Waals surface area contributed by atoms with Crippen LogP contribution >= 0.6 is 0 Å². The van der Waals surface area contributed by atoms with E-state index >= 15 is 0 Å². The number of unbranched alkanes of at least 4 members (excludes halogenated alkanes) is 12. The van der Waals surface area contributed by atoms with Crippen molar-refractivity contribution in [2.24, 2.45) is 5.92 Å². The van der Waals surface area contributed by atoms with Crippen LogP contribution < -0.4 is 5.32 Å². The molecule has 1 unspecified atom stereocenters. The van der Waals surface area contributed by atoms with Crippen LogP contribution in [0.25, 0.3) is 0 Å². The van der Waals surface area contributed by atoms with E-state index in [1.165, 1.54) is 70.6 Å². The van der Waals surface area contributed by atoms with Gasteiger partial charge in [0, 0.05) is 0 Å². The second kappa shape index (κ2) is 21.0. The quantitative estimate of drug-likeness (QED) is 0.165. The number of esters is 1. The van der Waals surface area contributed by atoms with Gasteiger partial charge in [-0.15, -0.1) is 0 Å². The molecular weight excluding hydrogens is 378 g/mol. The van der Waals surface area contributed by atoms with Crippen LogP contribution in [0.4, 0.5) is 4.79 Å². The van der Waals surface area contributed by atoms with E-state index < -0.39 is 12.1 Å². The minimum absolute atomic E-state index is 0.267. The number of nitrogens with one attached hydrogen (secondary N) is 1. The number of ether oxygens (including phenoxy) is 2. The number of carbonyl (C=O) groups excluding carboxylic acids is 2. The Kier molecular flexibility index (Phi) is 20.1. The smallest absolute Gasteiger partial charge is 0.407 e. The first-order chi connectivity index (χ1) is 14.5. The molecule has 0 aliphatic carbocycles. The Labute approximate surface area is 186 Å². The topological polar surface area (TPSA) is 64.6 Å². The summed E-state index contributed by atoms with van der Waals surface area (Å²) in [6.45, 7) is 8.96. The molecule has 0 radical (unpaired) electrons. The Morgan fingerprint density at radius 2 is 1.20 bits per heavy atom. The first-order valence-corrected chi connectivity index (χ1v) is 12.6. The van der Waals surface area contributed by atoms with Crippen molar-refractivity contribution in [2.75, 3.05) is 13.2 Å². The van der Waals surface area contributed by atoms with Crippen LogP contribution in [0.2, 0.25) is 0 Å². The summed E-state index contributed by atoms with van der Waals surface area (Å²) in [7, 11) is 0. The molecule has 1 N–H and O–H groups in total. The molecule has 0 aliphatic heterocycles. The van der Waals surface area contributed by atoms with E-state index in [9.17, 15) is 9.59 Å². The standard InChI is InChI=1S/C25H49NO4/c1-5-7-8-9-10-11-12-13-14-15-16-17-18-20-29-24(27)23(19-6-2)26-25(28)30-21-22(3)4/h22-23H,5-21H2,1-4H3,(H,26,28). The molecule has 30 heavy (non-hydrogen) atoms. The van der Waals surface area contributed by atoms with Gasteiger partial charge in [0.05, 0.1) is 13.2 Å². The molecule has 5 heteroatoms. The van der Waals surface area contributed by atoms with Crippen molar-refractivity contribution in [1.29, 1.82) is 0 Å². The third-order valence-corrected chi connectivity index (χ3v) is 5.19. The van der Waals surface area contributed by atoms with Crippen LogP contribution in [0.5, 0.6) is 0 Å². The molecule has 0 rings (SSSR count). The molecule has 0 saturated heterocycles. The fourth-order valence-electron chi connectivity index (χ4n) is 3.36. The van der Waals surface area contributed by atoms with Crippen LogP contribution in [0.15, 0.2) is 0 Å². The highest BCUT2D eigenvalue weighted by atomic mass is 16.6. The largest absolute Gasteiger partial charge is 0.464 e. The van der Waals surface area contributed by atoms with E-state index in [-0.39, 0.29) is 11.9 Å². The monoisotopic (exact) mass is 427 g/mol. The SMILES string of the molecule is CCCCCCCCCCCCCCCOC(=O)C(CCC)NC(=O)OCC(C)C. The lowest BCUT2D eigenvalue weighted by Crippen LogP contribution is -2.42. The van der Waals surface area contributed by atoms with E-state index in [4.69, 9.17) is 9.47 Å². The molecule has 178 valence electrons. The van der Waals surface area contributed by atoms with Crippen LogP contribution in [-0.2, 0) is 14.3 Å². The van der Waals surface area contributed by atoms with Gasteiger partial charge in [0.1, 0.15) is 6.04 Å². The second-order valence-electron chi connectivity index (χ2n) is 8.89. The number of hydrogen-bond donors (Lipinski definition) is 1. The number of hydrogen-bond acceptors (Lipinski definition) is 4. The van der Waals surface area contributed by atoms with Crippen molar-refractivity contribution < 1.29 is 19.1 Å². The third kappa shape index (κ3) is 18.7. The molecule has 0 saturated carbocycles. The lowest BCUT2D eigenvalue weighted by atomic mass is 10.0. The zero-order valence-corrected chi connectivity index (χ0v) is 20.3. The first kappa shape index (κ1) is 28.7. The van der Waals surface area contributed by atoms with E-state index in [1.54, 1.807) is 0 Å². The maximum Gasteiger partial charge on any atom is 0.407 e. The molecule has 0 aromatic rings. The van der Waals surface area contributed by atoms with E-state index in [0.29, 0.717) is 19.6 Å². The van der Waals surface area contributed by atoms with E-state index in [1.807, 2.05) is 20.8 Å².